The number of rotatable bonds is 8. The van der Waals surface area contributed by atoms with Gasteiger partial charge in [0.2, 0.25) is 0 Å². The third kappa shape index (κ3) is 5.18. The van der Waals surface area contributed by atoms with Gasteiger partial charge in [-0.15, -0.1) is 0 Å². The van der Waals surface area contributed by atoms with Gasteiger partial charge in [0.15, 0.2) is 5.13 Å². The summed E-state index contributed by atoms with van der Waals surface area (Å²) in [5.41, 5.74) is 1.56. The number of benzene rings is 1. The number of amides is 1. The smallest absolute Gasteiger partial charge is 0.254 e. The van der Waals surface area contributed by atoms with Crippen molar-refractivity contribution in [3.8, 4) is 11.3 Å². The number of nitrogens with zero attached hydrogens (tertiary/aromatic N) is 3. The first-order chi connectivity index (χ1) is 16.5. The summed E-state index contributed by atoms with van der Waals surface area (Å²) in [5.74, 6) is -1.55. The van der Waals surface area contributed by atoms with Crippen LogP contribution in [0.1, 0.15) is 28.1 Å². The molecule has 1 amide bonds. The minimum absolute atomic E-state index is 0.0519. The molecule has 1 saturated carbocycles. The van der Waals surface area contributed by atoms with Crippen molar-refractivity contribution in [3.05, 3.63) is 83.1 Å². The third-order valence-electron chi connectivity index (χ3n) is 5.16. The van der Waals surface area contributed by atoms with Gasteiger partial charge in [0.25, 0.3) is 5.91 Å². The molecule has 5 rings (SSSR count). The molecular weight excluding hydrogens is 458 g/mol. The topological polar surface area (TPSA) is 91.8 Å². The lowest BCUT2D eigenvalue weighted by molar-refractivity contribution is 0.0947. The molecule has 10 heteroatoms. The van der Waals surface area contributed by atoms with Crippen molar-refractivity contribution in [2.75, 3.05) is 10.6 Å². The molecule has 0 saturated heterocycles. The first-order valence-corrected chi connectivity index (χ1v) is 11.5. The van der Waals surface area contributed by atoms with E-state index in [1.807, 2.05) is 30.3 Å². The number of anilines is 3. The fraction of sp³-hybridized carbons (Fsp3) is 0.167. The van der Waals surface area contributed by atoms with E-state index in [0.717, 1.165) is 35.0 Å². The van der Waals surface area contributed by atoms with Crippen molar-refractivity contribution >= 4 is 33.9 Å². The number of hydrogen-bond acceptors (Lipinski definition) is 7. The Morgan fingerprint density at radius 2 is 1.97 bits per heavy atom. The van der Waals surface area contributed by atoms with Gasteiger partial charge < -0.3 is 16.0 Å². The van der Waals surface area contributed by atoms with E-state index in [1.165, 1.54) is 17.4 Å². The van der Waals surface area contributed by atoms with Crippen LogP contribution in [-0.2, 0) is 6.54 Å². The van der Waals surface area contributed by atoms with Crippen molar-refractivity contribution in [2.24, 2.45) is 0 Å². The summed E-state index contributed by atoms with van der Waals surface area (Å²) in [6, 6.07) is 11.4. The Morgan fingerprint density at radius 1 is 1.09 bits per heavy atom. The fourth-order valence-corrected chi connectivity index (χ4v) is 4.03. The molecule has 0 bridgehead atoms. The number of thiazole rings is 1. The van der Waals surface area contributed by atoms with Gasteiger partial charge in [0.1, 0.15) is 17.5 Å². The summed E-state index contributed by atoms with van der Waals surface area (Å²) < 4.78 is 28.4. The molecule has 34 heavy (non-hydrogen) atoms. The highest BCUT2D eigenvalue weighted by Crippen LogP contribution is 2.26. The molecule has 1 aliphatic rings. The number of pyridine rings is 2. The van der Waals surface area contributed by atoms with Gasteiger partial charge in [0, 0.05) is 41.1 Å². The Labute approximate surface area is 198 Å². The minimum Gasteiger partial charge on any atom is -0.378 e. The maximum atomic E-state index is 14.3. The van der Waals surface area contributed by atoms with E-state index in [-0.39, 0.29) is 23.8 Å². The molecule has 3 heterocycles. The van der Waals surface area contributed by atoms with Crippen LogP contribution in [-0.4, -0.2) is 26.9 Å². The number of aromatic nitrogens is 3. The molecule has 1 aliphatic carbocycles. The molecule has 172 valence electrons. The lowest BCUT2D eigenvalue weighted by atomic mass is 10.1. The molecule has 0 atom stereocenters. The van der Waals surface area contributed by atoms with E-state index in [4.69, 9.17) is 0 Å². The Kier molecular flexibility index (Phi) is 6.13. The van der Waals surface area contributed by atoms with Crippen molar-refractivity contribution < 1.29 is 13.6 Å². The lowest BCUT2D eigenvalue weighted by Crippen LogP contribution is -2.26. The monoisotopic (exact) mass is 478 g/mol. The van der Waals surface area contributed by atoms with Gasteiger partial charge >= 0.3 is 0 Å². The van der Waals surface area contributed by atoms with Crippen molar-refractivity contribution in [2.45, 2.75) is 25.4 Å². The Bertz CT molecular complexity index is 1330. The number of nitrogens with one attached hydrogen (secondary N) is 3. The summed E-state index contributed by atoms with van der Waals surface area (Å²) in [6.45, 7) is 0.259. The molecule has 1 fully saturated rings. The van der Waals surface area contributed by atoms with E-state index < -0.39 is 17.5 Å². The number of halogens is 2. The third-order valence-corrected chi connectivity index (χ3v) is 6.07. The van der Waals surface area contributed by atoms with E-state index in [9.17, 15) is 13.6 Å². The van der Waals surface area contributed by atoms with Crippen LogP contribution in [0.2, 0.25) is 0 Å². The molecule has 3 aromatic heterocycles. The van der Waals surface area contributed by atoms with Gasteiger partial charge in [0.05, 0.1) is 23.5 Å². The van der Waals surface area contributed by atoms with Gasteiger partial charge in [-0.3, -0.25) is 9.78 Å². The normalized spacial score (nSPS) is 12.9. The zero-order chi connectivity index (χ0) is 23.5. The average Bonchev–Trinajstić information content (AvgIpc) is 3.55. The second kappa shape index (κ2) is 9.52. The van der Waals surface area contributed by atoms with Crippen molar-refractivity contribution in [1.82, 2.24) is 20.3 Å². The van der Waals surface area contributed by atoms with E-state index in [0.29, 0.717) is 10.9 Å². The van der Waals surface area contributed by atoms with E-state index in [1.54, 1.807) is 18.6 Å². The van der Waals surface area contributed by atoms with Gasteiger partial charge in [-0.25, -0.2) is 18.7 Å². The van der Waals surface area contributed by atoms with Gasteiger partial charge in [-0.05, 0) is 43.2 Å². The lowest BCUT2D eigenvalue weighted by Gasteiger charge is -2.10. The summed E-state index contributed by atoms with van der Waals surface area (Å²) in [6.07, 6.45) is 6.87. The second-order valence-corrected chi connectivity index (χ2v) is 8.93. The molecule has 7 nitrogen and oxygen atoms in total. The van der Waals surface area contributed by atoms with Crippen LogP contribution in [0.25, 0.3) is 11.3 Å². The highest BCUT2D eigenvalue weighted by Gasteiger charge is 2.25. The summed E-state index contributed by atoms with van der Waals surface area (Å²) in [4.78, 5) is 26.1. The summed E-state index contributed by atoms with van der Waals surface area (Å²) in [7, 11) is 0. The molecule has 4 aromatic rings. The van der Waals surface area contributed by atoms with Crippen LogP contribution in [0.4, 0.5) is 25.4 Å². The highest BCUT2D eigenvalue weighted by atomic mass is 32.1. The number of hydrogen-bond donors (Lipinski definition) is 3. The first kappa shape index (κ1) is 21.9. The quantitative estimate of drug-likeness (QED) is 0.325. The standard InChI is InChI=1S/C24H20F2N6OS/c25-18-10-19(26)21(9-17(18)23(33)30-15-6-7-15)28-12-16-13-29-24(34-16)32-22-5-1-4-20(31-22)14-3-2-8-27-11-14/h1-5,8-11,13,15,28H,6-7,12H2,(H,30,33)(H,29,31,32). The average molecular weight is 479 g/mol. The molecule has 3 N–H and O–H groups in total. The summed E-state index contributed by atoms with van der Waals surface area (Å²) in [5, 5.41) is 9.44. The van der Waals surface area contributed by atoms with Gasteiger partial charge in [-0.2, -0.15) is 0 Å². The molecule has 0 spiro atoms. The van der Waals surface area contributed by atoms with Crippen LogP contribution in [0, 0.1) is 11.6 Å². The zero-order valence-corrected chi connectivity index (χ0v) is 18.7. The predicted molar refractivity (Wildman–Crippen MR) is 127 cm³/mol. The Morgan fingerprint density at radius 3 is 2.76 bits per heavy atom. The SMILES string of the molecule is O=C(NC1CC1)c1cc(NCc2cnc(Nc3cccc(-c4cccnc4)n3)s2)c(F)cc1F. The molecule has 1 aromatic carbocycles. The number of carbonyl (C=O) groups excluding carboxylic acids is 1. The maximum absolute atomic E-state index is 14.3. The summed E-state index contributed by atoms with van der Waals surface area (Å²) >= 11 is 1.37. The van der Waals surface area contributed by atoms with Crippen LogP contribution in [0.15, 0.2) is 61.1 Å². The fourth-order valence-electron chi connectivity index (χ4n) is 3.27. The first-order valence-electron chi connectivity index (χ1n) is 10.7. The predicted octanol–water partition coefficient (Wildman–Crippen LogP) is 5.13. The largest absolute Gasteiger partial charge is 0.378 e. The molecule has 0 aliphatic heterocycles. The minimum atomic E-state index is -0.883. The maximum Gasteiger partial charge on any atom is 0.254 e. The van der Waals surface area contributed by atoms with E-state index >= 15 is 0 Å². The molecule has 0 radical (unpaired) electrons. The van der Waals surface area contributed by atoms with Crippen LogP contribution in [0.5, 0.6) is 0 Å². The van der Waals surface area contributed by atoms with Crippen molar-refractivity contribution in [3.63, 3.8) is 0 Å². The van der Waals surface area contributed by atoms with Crippen LogP contribution < -0.4 is 16.0 Å². The van der Waals surface area contributed by atoms with Crippen LogP contribution in [0.3, 0.4) is 0 Å². The van der Waals surface area contributed by atoms with Crippen molar-refractivity contribution in [1.29, 1.82) is 0 Å². The zero-order valence-electron chi connectivity index (χ0n) is 17.9. The highest BCUT2D eigenvalue weighted by molar-refractivity contribution is 7.15. The Hall–Kier alpha value is -3.92. The second-order valence-electron chi connectivity index (χ2n) is 7.82. The molecule has 0 unspecified atom stereocenters. The van der Waals surface area contributed by atoms with Crippen LogP contribution >= 0.6 is 11.3 Å². The van der Waals surface area contributed by atoms with Gasteiger partial charge in [-0.1, -0.05) is 17.4 Å². The Balaban J connectivity index is 1.24. The number of carbonyl (C=O) groups is 1. The van der Waals surface area contributed by atoms with E-state index in [2.05, 4.69) is 30.9 Å². The molecular formula is C24H20F2N6OS.